The van der Waals surface area contributed by atoms with E-state index in [4.69, 9.17) is 0 Å². The fourth-order valence-electron chi connectivity index (χ4n) is 3.96. The highest BCUT2D eigenvalue weighted by molar-refractivity contribution is 5.27. The van der Waals surface area contributed by atoms with Crippen LogP contribution in [0.25, 0.3) is 0 Å². The first-order valence-corrected chi connectivity index (χ1v) is 9.64. The second-order valence-corrected chi connectivity index (χ2v) is 7.15. The number of hydrogen-bond donors (Lipinski definition) is 0. The number of piperidine rings is 1. The number of aryl methyl sites for hydroxylation is 1. The van der Waals surface area contributed by atoms with E-state index in [0.29, 0.717) is 6.04 Å². The summed E-state index contributed by atoms with van der Waals surface area (Å²) in [4.78, 5) is 2.68. The van der Waals surface area contributed by atoms with Crippen molar-refractivity contribution in [3.63, 3.8) is 0 Å². The molecule has 0 unspecified atom stereocenters. The highest BCUT2D eigenvalue weighted by Crippen LogP contribution is 2.24. The summed E-state index contributed by atoms with van der Waals surface area (Å²) >= 11 is 0. The Morgan fingerprint density at radius 1 is 0.846 bits per heavy atom. The Hall–Kier alpha value is -2.40. The number of hydrogen-bond acceptors (Lipinski definition) is 3. The third-order valence-corrected chi connectivity index (χ3v) is 5.38. The van der Waals surface area contributed by atoms with Crippen molar-refractivity contribution < 1.29 is 0 Å². The maximum Gasteiger partial charge on any atom is 0.0662 e. The molecule has 5 nitrogen and oxygen atoms in total. The first-order chi connectivity index (χ1) is 12.9. The zero-order chi connectivity index (χ0) is 17.6. The predicted octanol–water partition coefficient (Wildman–Crippen LogP) is 3.57. The first-order valence-electron chi connectivity index (χ1n) is 9.64. The summed E-state index contributed by atoms with van der Waals surface area (Å²) in [5.41, 5.74) is 2.79. The molecule has 1 fully saturated rings. The summed E-state index contributed by atoms with van der Waals surface area (Å²) in [6.45, 7) is 4.07. The zero-order valence-corrected chi connectivity index (χ0v) is 15.2. The van der Waals surface area contributed by atoms with Gasteiger partial charge in [0.2, 0.25) is 0 Å². The number of benzene rings is 1. The summed E-state index contributed by atoms with van der Waals surface area (Å²) in [5, 5.41) is 8.72. The maximum atomic E-state index is 4.37. The summed E-state index contributed by atoms with van der Waals surface area (Å²) in [7, 11) is 0. The van der Waals surface area contributed by atoms with Crippen LogP contribution in [-0.2, 0) is 19.6 Å². The summed E-state index contributed by atoms with van der Waals surface area (Å²) in [5.74, 6) is 0. The van der Waals surface area contributed by atoms with Gasteiger partial charge in [0, 0.05) is 43.9 Å². The van der Waals surface area contributed by atoms with Crippen molar-refractivity contribution in [2.45, 2.75) is 51.4 Å². The lowest BCUT2D eigenvalue weighted by Gasteiger charge is -2.36. The molecule has 136 valence electrons. The fraction of sp³-hybridized carbons (Fsp3) is 0.429. The molecule has 1 aliphatic rings. The number of aromatic nitrogens is 4. The van der Waals surface area contributed by atoms with E-state index in [1.807, 2.05) is 35.4 Å². The summed E-state index contributed by atoms with van der Waals surface area (Å²) in [6, 6.07) is 13.4. The summed E-state index contributed by atoms with van der Waals surface area (Å²) < 4.78 is 4.06. The minimum absolute atomic E-state index is 0.644. The van der Waals surface area contributed by atoms with Crippen LogP contribution in [-0.4, -0.2) is 37.0 Å². The lowest BCUT2D eigenvalue weighted by molar-refractivity contribution is 0.127. The standard InChI is InChI=1S/C21H27N5/c1-2-8-20(18-26-15-6-12-23-26)19(7-1)17-24-13-4-3-9-21(24)10-16-25-14-5-11-22-25/h1-2,5-8,11-12,14-15,21H,3-4,9-10,13,16-18H2/t21-/m1/s1. The molecule has 5 heteroatoms. The molecule has 0 saturated carbocycles. The van der Waals surface area contributed by atoms with Gasteiger partial charge in [-0.15, -0.1) is 0 Å². The Bertz CT molecular complexity index is 779. The third-order valence-electron chi connectivity index (χ3n) is 5.38. The van der Waals surface area contributed by atoms with Gasteiger partial charge in [0.15, 0.2) is 0 Å². The second-order valence-electron chi connectivity index (χ2n) is 7.15. The molecule has 0 N–H and O–H groups in total. The molecule has 26 heavy (non-hydrogen) atoms. The highest BCUT2D eigenvalue weighted by atomic mass is 15.3. The van der Waals surface area contributed by atoms with Crippen LogP contribution in [0.1, 0.15) is 36.8 Å². The van der Waals surface area contributed by atoms with Crippen LogP contribution in [0, 0.1) is 0 Å². The number of nitrogens with zero attached hydrogens (tertiary/aromatic N) is 5. The van der Waals surface area contributed by atoms with Gasteiger partial charge in [-0.2, -0.15) is 10.2 Å². The Balaban J connectivity index is 1.44. The van der Waals surface area contributed by atoms with E-state index in [1.165, 1.54) is 43.4 Å². The van der Waals surface area contributed by atoms with Gasteiger partial charge in [-0.1, -0.05) is 30.7 Å². The van der Waals surface area contributed by atoms with Gasteiger partial charge in [0.05, 0.1) is 6.54 Å². The maximum absolute atomic E-state index is 4.37. The van der Waals surface area contributed by atoms with Gasteiger partial charge in [0.1, 0.15) is 0 Å². The van der Waals surface area contributed by atoms with E-state index >= 15 is 0 Å². The van der Waals surface area contributed by atoms with E-state index in [2.05, 4.69) is 50.2 Å². The van der Waals surface area contributed by atoms with Crippen LogP contribution >= 0.6 is 0 Å². The Morgan fingerprint density at radius 2 is 1.58 bits per heavy atom. The van der Waals surface area contributed by atoms with Crippen molar-refractivity contribution in [1.82, 2.24) is 24.5 Å². The molecule has 1 aliphatic heterocycles. The SMILES string of the molecule is c1ccc(Cn2cccn2)c(CN2CCCC[C@@H]2CCn2cccn2)c1. The highest BCUT2D eigenvalue weighted by Gasteiger charge is 2.23. The minimum atomic E-state index is 0.644. The van der Waals surface area contributed by atoms with Crippen molar-refractivity contribution in [3.05, 3.63) is 72.3 Å². The number of likely N-dealkylation sites (tertiary alicyclic amines) is 1. The van der Waals surface area contributed by atoms with Gasteiger partial charge >= 0.3 is 0 Å². The zero-order valence-electron chi connectivity index (χ0n) is 15.2. The molecule has 1 saturated heterocycles. The largest absolute Gasteiger partial charge is 0.296 e. The quantitative estimate of drug-likeness (QED) is 0.654. The monoisotopic (exact) mass is 349 g/mol. The molecule has 0 spiro atoms. The topological polar surface area (TPSA) is 38.9 Å². The molecule has 0 amide bonds. The van der Waals surface area contributed by atoms with E-state index in [-0.39, 0.29) is 0 Å². The average Bonchev–Trinajstić information content (AvgIpc) is 3.36. The van der Waals surface area contributed by atoms with Gasteiger partial charge in [-0.3, -0.25) is 14.3 Å². The van der Waals surface area contributed by atoms with Crippen molar-refractivity contribution >= 4 is 0 Å². The van der Waals surface area contributed by atoms with Crippen LogP contribution in [0.5, 0.6) is 0 Å². The molecule has 3 heterocycles. The van der Waals surface area contributed by atoms with Gasteiger partial charge in [-0.25, -0.2) is 0 Å². The molecular weight excluding hydrogens is 322 g/mol. The lowest BCUT2D eigenvalue weighted by Crippen LogP contribution is -2.39. The second kappa shape index (κ2) is 8.32. The molecule has 2 aromatic heterocycles. The molecule has 4 rings (SSSR count). The first kappa shape index (κ1) is 17.0. The third kappa shape index (κ3) is 4.22. The van der Waals surface area contributed by atoms with E-state index in [1.54, 1.807) is 0 Å². The van der Waals surface area contributed by atoms with Gasteiger partial charge in [0.25, 0.3) is 0 Å². The fourth-order valence-corrected chi connectivity index (χ4v) is 3.96. The molecule has 3 aromatic rings. The van der Waals surface area contributed by atoms with Gasteiger partial charge < -0.3 is 0 Å². The van der Waals surface area contributed by atoms with Crippen molar-refractivity contribution in [2.75, 3.05) is 6.54 Å². The van der Waals surface area contributed by atoms with Crippen LogP contribution in [0.3, 0.4) is 0 Å². The molecular formula is C21H27N5. The van der Waals surface area contributed by atoms with E-state index in [9.17, 15) is 0 Å². The molecule has 0 aliphatic carbocycles. The van der Waals surface area contributed by atoms with E-state index < -0.39 is 0 Å². The molecule has 1 aromatic carbocycles. The van der Waals surface area contributed by atoms with Gasteiger partial charge in [-0.05, 0) is 49.1 Å². The molecule has 0 radical (unpaired) electrons. The van der Waals surface area contributed by atoms with Crippen LogP contribution in [0.2, 0.25) is 0 Å². The summed E-state index contributed by atoms with van der Waals surface area (Å²) in [6.07, 6.45) is 12.9. The van der Waals surface area contributed by atoms with Crippen LogP contribution in [0.15, 0.2) is 61.2 Å². The van der Waals surface area contributed by atoms with Crippen molar-refractivity contribution in [2.24, 2.45) is 0 Å². The lowest BCUT2D eigenvalue weighted by atomic mass is 9.97. The van der Waals surface area contributed by atoms with Crippen molar-refractivity contribution in [3.8, 4) is 0 Å². The van der Waals surface area contributed by atoms with Crippen molar-refractivity contribution in [1.29, 1.82) is 0 Å². The van der Waals surface area contributed by atoms with Crippen LogP contribution < -0.4 is 0 Å². The Labute approximate surface area is 155 Å². The Kier molecular flexibility index (Phi) is 5.45. The smallest absolute Gasteiger partial charge is 0.0662 e. The Morgan fingerprint density at radius 3 is 2.31 bits per heavy atom. The molecule has 1 atom stereocenters. The predicted molar refractivity (Wildman–Crippen MR) is 103 cm³/mol. The number of rotatable bonds is 7. The van der Waals surface area contributed by atoms with Crippen LogP contribution in [0.4, 0.5) is 0 Å². The average molecular weight is 349 g/mol. The van der Waals surface area contributed by atoms with E-state index in [0.717, 1.165) is 19.6 Å². The normalized spacial score (nSPS) is 18.2. The molecule has 0 bridgehead atoms. The minimum Gasteiger partial charge on any atom is -0.296 e.